The molecule has 1 N–H and O–H groups in total. The lowest BCUT2D eigenvalue weighted by molar-refractivity contribution is -0.0329. The fraction of sp³-hybridized carbons (Fsp3) is 0.571. The van der Waals surface area contributed by atoms with Crippen LogP contribution in [0.4, 0.5) is 13.2 Å². The molecule has 3 nitrogen and oxygen atoms in total. The lowest BCUT2D eigenvalue weighted by Gasteiger charge is -2.15. The molecular formula is C14H20F3NO2S. The van der Waals surface area contributed by atoms with Crippen molar-refractivity contribution in [1.29, 1.82) is 0 Å². The Balaban J connectivity index is 2.63. The highest BCUT2D eigenvalue weighted by Gasteiger charge is 2.27. The number of nitrogens with one attached hydrogen (secondary N) is 1. The van der Waals surface area contributed by atoms with E-state index >= 15 is 0 Å². The van der Waals surface area contributed by atoms with E-state index in [2.05, 4.69) is 5.32 Å². The van der Waals surface area contributed by atoms with Crippen LogP contribution in [0.3, 0.4) is 0 Å². The van der Waals surface area contributed by atoms with E-state index in [-0.39, 0.29) is 24.1 Å². The van der Waals surface area contributed by atoms with Gasteiger partial charge in [0, 0.05) is 30.0 Å². The summed E-state index contributed by atoms with van der Waals surface area (Å²) in [5.74, 6) is 1.02. The molecule has 0 aliphatic heterocycles. The van der Waals surface area contributed by atoms with Gasteiger partial charge in [-0.1, -0.05) is 19.9 Å². The molecule has 0 saturated heterocycles. The molecule has 0 spiro atoms. The van der Waals surface area contributed by atoms with Crippen molar-refractivity contribution in [2.24, 2.45) is 0 Å². The maximum atomic E-state index is 12.1. The van der Waals surface area contributed by atoms with Crippen LogP contribution in [0, 0.1) is 0 Å². The second kappa shape index (κ2) is 8.38. The number of halogens is 3. The van der Waals surface area contributed by atoms with E-state index in [0.717, 1.165) is 5.56 Å². The largest absolute Gasteiger partial charge is 0.497 e. The number of ether oxygens (including phenoxy) is 2. The number of thioether (sulfide) groups is 1. The molecule has 0 aromatic heterocycles. The van der Waals surface area contributed by atoms with Gasteiger partial charge in [0.15, 0.2) is 0 Å². The third-order valence-corrected chi connectivity index (χ3v) is 3.28. The molecule has 0 saturated carbocycles. The van der Waals surface area contributed by atoms with E-state index in [4.69, 9.17) is 9.47 Å². The summed E-state index contributed by atoms with van der Waals surface area (Å²) in [6, 6.07) is 5.64. The number of methoxy groups -OCH3 is 1. The minimum absolute atomic E-state index is 0.00791. The van der Waals surface area contributed by atoms with Gasteiger partial charge in [0.1, 0.15) is 11.5 Å². The van der Waals surface area contributed by atoms with Crippen LogP contribution in [-0.2, 0) is 6.54 Å². The van der Waals surface area contributed by atoms with Crippen LogP contribution in [0.2, 0.25) is 0 Å². The van der Waals surface area contributed by atoms with E-state index in [1.54, 1.807) is 12.1 Å². The summed E-state index contributed by atoms with van der Waals surface area (Å²) in [5.41, 5.74) is -3.33. The molecule has 21 heavy (non-hydrogen) atoms. The van der Waals surface area contributed by atoms with Crippen molar-refractivity contribution in [1.82, 2.24) is 5.32 Å². The van der Waals surface area contributed by atoms with E-state index in [0.29, 0.717) is 24.1 Å². The highest BCUT2D eigenvalue weighted by molar-refractivity contribution is 8.00. The van der Waals surface area contributed by atoms with Crippen molar-refractivity contribution in [3.8, 4) is 11.5 Å². The van der Waals surface area contributed by atoms with Crippen LogP contribution >= 0.6 is 11.8 Å². The lowest BCUT2D eigenvalue weighted by atomic mass is 10.2. The van der Waals surface area contributed by atoms with Gasteiger partial charge in [0.05, 0.1) is 13.7 Å². The number of hydrogen-bond donors (Lipinski definition) is 1. The summed E-state index contributed by atoms with van der Waals surface area (Å²) in [4.78, 5) is 0. The molecule has 1 aromatic rings. The SMILES string of the molecule is COc1ccc(CNC(C)C)c(OCCSC(F)(F)F)c1. The highest BCUT2D eigenvalue weighted by Crippen LogP contribution is 2.30. The Morgan fingerprint density at radius 1 is 1.29 bits per heavy atom. The number of alkyl halides is 3. The van der Waals surface area contributed by atoms with Gasteiger partial charge >= 0.3 is 5.51 Å². The van der Waals surface area contributed by atoms with Crippen molar-refractivity contribution >= 4 is 11.8 Å². The molecule has 0 unspecified atom stereocenters. The molecule has 0 heterocycles. The zero-order chi connectivity index (χ0) is 15.9. The van der Waals surface area contributed by atoms with Crippen LogP contribution in [0.25, 0.3) is 0 Å². The fourth-order valence-corrected chi connectivity index (χ4v) is 1.96. The van der Waals surface area contributed by atoms with Gasteiger partial charge in [-0.15, -0.1) is 0 Å². The third-order valence-electron chi connectivity index (χ3n) is 2.58. The predicted octanol–water partition coefficient (Wildman–Crippen LogP) is 3.83. The van der Waals surface area contributed by atoms with Gasteiger partial charge in [-0.25, -0.2) is 0 Å². The number of hydrogen-bond acceptors (Lipinski definition) is 4. The molecule has 1 aromatic carbocycles. The van der Waals surface area contributed by atoms with Gasteiger partial charge < -0.3 is 14.8 Å². The standard InChI is InChI=1S/C14H20F3NO2S/c1-10(2)18-9-11-4-5-12(19-3)8-13(11)20-6-7-21-14(15,16)17/h4-5,8,10,18H,6-7,9H2,1-3H3. The minimum Gasteiger partial charge on any atom is -0.497 e. The summed E-state index contributed by atoms with van der Waals surface area (Å²) in [5, 5.41) is 3.25. The number of benzene rings is 1. The van der Waals surface area contributed by atoms with Crippen molar-refractivity contribution in [2.75, 3.05) is 19.5 Å². The Kier molecular flexibility index (Phi) is 7.17. The lowest BCUT2D eigenvalue weighted by Crippen LogP contribution is -2.22. The fourth-order valence-electron chi connectivity index (χ4n) is 1.57. The molecule has 0 amide bonds. The Hall–Kier alpha value is -1.08. The molecule has 0 radical (unpaired) electrons. The van der Waals surface area contributed by atoms with Gasteiger partial charge in [-0.3, -0.25) is 0 Å². The third kappa shape index (κ3) is 7.47. The molecule has 120 valence electrons. The summed E-state index contributed by atoms with van der Waals surface area (Å²) < 4.78 is 46.8. The van der Waals surface area contributed by atoms with Gasteiger partial charge in [-0.2, -0.15) is 13.2 Å². The molecule has 0 bridgehead atoms. The average Bonchev–Trinajstić information content (AvgIpc) is 2.40. The Morgan fingerprint density at radius 2 is 2.00 bits per heavy atom. The maximum absolute atomic E-state index is 12.1. The highest BCUT2D eigenvalue weighted by atomic mass is 32.2. The molecule has 0 fully saturated rings. The quantitative estimate of drug-likeness (QED) is 0.737. The first-order valence-corrected chi connectivity index (χ1v) is 7.54. The van der Waals surface area contributed by atoms with Crippen LogP contribution < -0.4 is 14.8 Å². The normalized spacial score (nSPS) is 11.8. The van der Waals surface area contributed by atoms with Gasteiger partial charge in [0.25, 0.3) is 0 Å². The van der Waals surface area contributed by atoms with Crippen LogP contribution in [0.5, 0.6) is 11.5 Å². The molecule has 0 aliphatic rings. The summed E-state index contributed by atoms with van der Waals surface area (Å²) in [6.07, 6.45) is 0. The average molecular weight is 323 g/mol. The first kappa shape index (κ1) is 18.0. The smallest absolute Gasteiger partial charge is 0.441 e. The first-order chi connectivity index (χ1) is 9.81. The first-order valence-electron chi connectivity index (χ1n) is 6.55. The van der Waals surface area contributed by atoms with Crippen molar-refractivity contribution in [2.45, 2.75) is 31.9 Å². The van der Waals surface area contributed by atoms with Crippen molar-refractivity contribution in [3.63, 3.8) is 0 Å². The molecule has 0 aliphatic carbocycles. The van der Waals surface area contributed by atoms with E-state index in [1.807, 2.05) is 19.9 Å². The summed E-state index contributed by atoms with van der Waals surface area (Å²) >= 11 is -0.0850. The van der Waals surface area contributed by atoms with Gasteiger partial charge in [-0.05, 0) is 17.8 Å². The van der Waals surface area contributed by atoms with Crippen LogP contribution in [0.1, 0.15) is 19.4 Å². The Morgan fingerprint density at radius 3 is 2.57 bits per heavy atom. The minimum atomic E-state index is -4.22. The van der Waals surface area contributed by atoms with Crippen molar-refractivity contribution in [3.05, 3.63) is 23.8 Å². The molecule has 7 heteroatoms. The summed E-state index contributed by atoms with van der Waals surface area (Å²) in [7, 11) is 1.53. The zero-order valence-corrected chi connectivity index (χ0v) is 13.1. The second-order valence-corrected chi connectivity index (χ2v) is 5.81. The number of rotatable bonds is 8. The van der Waals surface area contributed by atoms with Gasteiger partial charge in [0.2, 0.25) is 0 Å². The second-order valence-electron chi connectivity index (χ2n) is 4.65. The maximum Gasteiger partial charge on any atom is 0.441 e. The van der Waals surface area contributed by atoms with Crippen LogP contribution in [0.15, 0.2) is 18.2 Å². The van der Waals surface area contributed by atoms with E-state index in [9.17, 15) is 13.2 Å². The Bertz CT molecular complexity index is 439. The Labute approximate surface area is 127 Å². The van der Waals surface area contributed by atoms with Crippen molar-refractivity contribution < 1.29 is 22.6 Å². The van der Waals surface area contributed by atoms with E-state index in [1.165, 1.54) is 7.11 Å². The molecule has 1 rings (SSSR count). The monoisotopic (exact) mass is 323 g/mol. The zero-order valence-electron chi connectivity index (χ0n) is 12.3. The van der Waals surface area contributed by atoms with E-state index < -0.39 is 5.51 Å². The predicted molar refractivity (Wildman–Crippen MR) is 79.0 cm³/mol. The molecule has 0 atom stereocenters. The molecular weight excluding hydrogens is 303 g/mol. The summed E-state index contributed by atoms with van der Waals surface area (Å²) in [6.45, 7) is 4.61. The topological polar surface area (TPSA) is 30.5 Å². The van der Waals surface area contributed by atoms with Crippen LogP contribution in [-0.4, -0.2) is 31.0 Å².